The van der Waals surface area contributed by atoms with Gasteiger partial charge in [-0.3, -0.25) is 0 Å². The number of benzene rings is 2. The van der Waals surface area contributed by atoms with Crippen molar-refractivity contribution in [3.8, 4) is 5.75 Å². The molecule has 2 aromatic rings. The van der Waals surface area contributed by atoms with Gasteiger partial charge >= 0.3 is 6.03 Å². The highest BCUT2D eigenvalue weighted by atomic mass is 35.5. The molecule has 0 spiro atoms. The van der Waals surface area contributed by atoms with Crippen LogP contribution in [0.2, 0.25) is 0 Å². The van der Waals surface area contributed by atoms with Crippen molar-refractivity contribution in [1.29, 1.82) is 0 Å². The van der Waals surface area contributed by atoms with Crippen LogP contribution in [-0.4, -0.2) is 19.7 Å². The van der Waals surface area contributed by atoms with Gasteiger partial charge in [-0.25, -0.2) is 9.18 Å². The number of hydrogen-bond acceptors (Lipinski definition) is 3. The summed E-state index contributed by atoms with van der Waals surface area (Å²) in [5.41, 5.74) is 3.46. The third-order valence-electron chi connectivity index (χ3n) is 3.76. The Labute approximate surface area is 146 Å². The van der Waals surface area contributed by atoms with Crippen LogP contribution < -0.4 is 20.7 Å². The van der Waals surface area contributed by atoms with Crippen molar-refractivity contribution in [3.63, 3.8) is 0 Å². The Kier molecular flexibility index (Phi) is 6.00. The van der Waals surface area contributed by atoms with E-state index in [-0.39, 0.29) is 18.1 Å². The number of urea groups is 1. The molecule has 0 saturated heterocycles. The number of carbonyl (C=O) groups excluding carboxylic acids is 1. The van der Waals surface area contributed by atoms with Gasteiger partial charge in [0.1, 0.15) is 11.6 Å². The highest BCUT2D eigenvalue weighted by Gasteiger charge is 2.12. The number of amides is 2. The molecule has 0 aromatic heterocycles. The van der Waals surface area contributed by atoms with E-state index in [2.05, 4.69) is 16.0 Å². The summed E-state index contributed by atoms with van der Waals surface area (Å²) in [6.45, 7) is 1.78. The Balaban J connectivity index is 0.00000208. The second-order valence-electron chi connectivity index (χ2n) is 5.33. The van der Waals surface area contributed by atoms with Gasteiger partial charge in [0.05, 0.1) is 12.8 Å². The Morgan fingerprint density at radius 2 is 2.00 bits per heavy atom. The predicted octanol–water partition coefficient (Wildman–Crippen LogP) is 3.55. The number of fused-ring (bicyclic) bond motifs is 1. The van der Waals surface area contributed by atoms with Crippen molar-refractivity contribution >= 4 is 29.8 Å². The average molecular weight is 352 g/mol. The molecule has 0 atom stereocenters. The lowest BCUT2D eigenvalue weighted by Gasteiger charge is -2.18. The first-order chi connectivity index (χ1) is 11.2. The molecule has 2 aromatic carbocycles. The number of rotatable bonds is 3. The molecule has 0 bridgehead atoms. The molecule has 0 saturated carbocycles. The zero-order chi connectivity index (χ0) is 16.2. The summed E-state index contributed by atoms with van der Waals surface area (Å²) < 4.78 is 18.4. The maximum atomic E-state index is 13.3. The topological polar surface area (TPSA) is 62.4 Å². The third kappa shape index (κ3) is 4.15. The molecule has 0 unspecified atom stereocenters. The molecule has 0 radical (unpaired) electrons. The van der Waals surface area contributed by atoms with Crippen LogP contribution in [0.1, 0.15) is 11.1 Å². The van der Waals surface area contributed by atoms with Crippen LogP contribution in [0.25, 0.3) is 0 Å². The van der Waals surface area contributed by atoms with E-state index < -0.39 is 11.8 Å². The first kappa shape index (κ1) is 18.0. The van der Waals surface area contributed by atoms with Gasteiger partial charge in [0.25, 0.3) is 0 Å². The van der Waals surface area contributed by atoms with Crippen LogP contribution in [0.3, 0.4) is 0 Å². The molecule has 1 aliphatic heterocycles. The average Bonchev–Trinajstić information content (AvgIpc) is 2.55. The number of methoxy groups -OCH3 is 1. The molecule has 3 rings (SSSR count). The molecule has 2 amide bonds. The van der Waals surface area contributed by atoms with Gasteiger partial charge in [0.15, 0.2) is 0 Å². The Morgan fingerprint density at radius 1 is 1.17 bits per heavy atom. The van der Waals surface area contributed by atoms with Crippen molar-refractivity contribution in [2.75, 3.05) is 24.3 Å². The van der Waals surface area contributed by atoms with Crippen molar-refractivity contribution in [1.82, 2.24) is 5.32 Å². The normalized spacial score (nSPS) is 12.6. The van der Waals surface area contributed by atoms with Crippen LogP contribution in [-0.2, 0) is 13.0 Å². The van der Waals surface area contributed by atoms with E-state index in [1.165, 1.54) is 36.4 Å². The number of carbonyl (C=O) groups is 1. The zero-order valence-electron chi connectivity index (χ0n) is 13.2. The van der Waals surface area contributed by atoms with Gasteiger partial charge in [-0.15, -0.1) is 12.4 Å². The predicted molar refractivity (Wildman–Crippen MR) is 94.7 cm³/mol. The van der Waals surface area contributed by atoms with E-state index in [0.29, 0.717) is 11.4 Å². The van der Waals surface area contributed by atoms with Crippen LogP contribution in [0.4, 0.5) is 20.6 Å². The molecule has 1 heterocycles. The number of nitrogens with one attached hydrogen (secondary N) is 3. The van der Waals surface area contributed by atoms with E-state index in [9.17, 15) is 9.18 Å². The maximum absolute atomic E-state index is 13.3. The monoisotopic (exact) mass is 351 g/mol. The lowest BCUT2D eigenvalue weighted by atomic mass is 10.0. The summed E-state index contributed by atoms with van der Waals surface area (Å²) in [6, 6.07) is 9.35. The van der Waals surface area contributed by atoms with Gasteiger partial charge in [-0.05, 0) is 48.4 Å². The second-order valence-corrected chi connectivity index (χ2v) is 5.33. The standard InChI is InChI=1S/C17H18FN3O2.ClH/c1-23-16-5-3-13(18)9-15(16)21-17(22)20-14-4-2-12-10-19-7-6-11(12)8-14;/h2-5,8-9,19H,6-7,10H2,1H3,(H2,20,21,22);1H. The molecular formula is C17H19ClFN3O2. The summed E-state index contributed by atoms with van der Waals surface area (Å²) in [5, 5.41) is 8.67. The van der Waals surface area contributed by atoms with Gasteiger partial charge < -0.3 is 20.7 Å². The fraction of sp³-hybridized carbons (Fsp3) is 0.235. The minimum absolute atomic E-state index is 0. The summed E-state index contributed by atoms with van der Waals surface area (Å²) >= 11 is 0. The van der Waals surface area contributed by atoms with Crippen LogP contribution in [0, 0.1) is 5.82 Å². The maximum Gasteiger partial charge on any atom is 0.323 e. The Hall–Kier alpha value is -2.31. The number of anilines is 2. The molecule has 0 fully saturated rings. The minimum atomic E-state index is -0.442. The molecule has 0 aliphatic carbocycles. The van der Waals surface area contributed by atoms with Crippen molar-refractivity contribution in [3.05, 3.63) is 53.3 Å². The first-order valence-corrected chi connectivity index (χ1v) is 7.40. The van der Waals surface area contributed by atoms with E-state index in [1.54, 1.807) is 0 Å². The summed E-state index contributed by atoms with van der Waals surface area (Å²) in [6.07, 6.45) is 0.935. The zero-order valence-corrected chi connectivity index (χ0v) is 14.0. The molecule has 128 valence electrons. The molecule has 7 heteroatoms. The van der Waals surface area contributed by atoms with Gasteiger partial charge in [-0.2, -0.15) is 0 Å². The summed E-state index contributed by atoms with van der Waals surface area (Å²) in [4.78, 5) is 12.1. The largest absolute Gasteiger partial charge is 0.495 e. The second kappa shape index (κ2) is 7.99. The molecule has 1 aliphatic rings. The molecule has 5 nitrogen and oxygen atoms in total. The van der Waals surface area contributed by atoms with Crippen LogP contribution >= 0.6 is 12.4 Å². The number of ether oxygens (including phenoxy) is 1. The van der Waals surface area contributed by atoms with E-state index >= 15 is 0 Å². The van der Waals surface area contributed by atoms with Gasteiger partial charge in [0, 0.05) is 18.3 Å². The Bertz CT molecular complexity index is 740. The van der Waals surface area contributed by atoms with Crippen molar-refractivity contribution in [2.45, 2.75) is 13.0 Å². The number of halogens is 2. The van der Waals surface area contributed by atoms with Crippen molar-refractivity contribution < 1.29 is 13.9 Å². The lowest BCUT2D eigenvalue weighted by Crippen LogP contribution is -2.24. The van der Waals surface area contributed by atoms with Gasteiger partial charge in [-0.1, -0.05) is 6.07 Å². The third-order valence-corrected chi connectivity index (χ3v) is 3.76. The van der Waals surface area contributed by atoms with Crippen LogP contribution in [0.5, 0.6) is 5.75 Å². The van der Waals surface area contributed by atoms with E-state index in [4.69, 9.17) is 4.74 Å². The fourth-order valence-corrected chi connectivity index (χ4v) is 2.62. The first-order valence-electron chi connectivity index (χ1n) is 7.40. The Morgan fingerprint density at radius 3 is 2.79 bits per heavy atom. The van der Waals surface area contributed by atoms with Crippen LogP contribution in [0.15, 0.2) is 36.4 Å². The highest BCUT2D eigenvalue weighted by molar-refractivity contribution is 6.00. The van der Waals surface area contributed by atoms with E-state index in [0.717, 1.165) is 19.5 Å². The molecule has 24 heavy (non-hydrogen) atoms. The van der Waals surface area contributed by atoms with Gasteiger partial charge in [0.2, 0.25) is 0 Å². The highest BCUT2D eigenvalue weighted by Crippen LogP contribution is 2.25. The quantitative estimate of drug-likeness (QED) is 0.792. The SMILES string of the molecule is COc1ccc(F)cc1NC(=O)Nc1ccc2c(c1)CCNC2.Cl. The molecular weight excluding hydrogens is 333 g/mol. The smallest absolute Gasteiger partial charge is 0.323 e. The van der Waals surface area contributed by atoms with Crippen molar-refractivity contribution in [2.24, 2.45) is 0 Å². The summed E-state index contributed by atoms with van der Waals surface area (Å²) in [7, 11) is 1.47. The van der Waals surface area contributed by atoms with E-state index in [1.807, 2.05) is 18.2 Å². The fourth-order valence-electron chi connectivity index (χ4n) is 2.62. The molecule has 3 N–H and O–H groups in total. The number of hydrogen-bond donors (Lipinski definition) is 3. The lowest BCUT2D eigenvalue weighted by molar-refractivity contribution is 0.262. The summed E-state index contributed by atoms with van der Waals surface area (Å²) in [5.74, 6) is -0.0413. The minimum Gasteiger partial charge on any atom is -0.495 e.